The molecule has 2 aliphatic rings. The molecule has 2 amide bonds. The Morgan fingerprint density at radius 1 is 1.06 bits per heavy atom. The minimum atomic E-state index is -4.04. The van der Waals surface area contributed by atoms with Gasteiger partial charge in [-0.15, -0.1) is 11.3 Å². The number of benzene rings is 2. The summed E-state index contributed by atoms with van der Waals surface area (Å²) in [6, 6.07) is 14.0. The second-order valence-corrected chi connectivity index (χ2v) is 11.7. The number of fused-ring (bicyclic) bond motifs is 1. The predicted molar refractivity (Wildman–Crippen MR) is 130 cm³/mol. The first kappa shape index (κ1) is 22.3. The minimum absolute atomic E-state index is 0.0938. The van der Waals surface area contributed by atoms with E-state index in [1.54, 1.807) is 53.9 Å². The van der Waals surface area contributed by atoms with Crippen molar-refractivity contribution in [3.63, 3.8) is 0 Å². The first-order valence-corrected chi connectivity index (χ1v) is 13.3. The first-order valence-electron chi connectivity index (χ1n) is 9.91. The van der Waals surface area contributed by atoms with Gasteiger partial charge in [0.05, 0.1) is 12.1 Å². The number of anilines is 1. The van der Waals surface area contributed by atoms with Crippen molar-refractivity contribution in [2.75, 3.05) is 11.7 Å². The van der Waals surface area contributed by atoms with Crippen molar-refractivity contribution in [1.82, 2.24) is 4.31 Å². The number of carbonyl (C=O) groups is 2. The molecule has 5 rings (SSSR count). The zero-order chi connectivity index (χ0) is 23.2. The lowest BCUT2D eigenvalue weighted by molar-refractivity contribution is -0.122. The van der Waals surface area contributed by atoms with Crippen LogP contribution in [0.3, 0.4) is 0 Å². The van der Waals surface area contributed by atoms with Crippen LogP contribution in [0.15, 0.2) is 64.2 Å². The number of thiophene rings is 1. The highest BCUT2D eigenvalue weighted by molar-refractivity contribution is 14.1. The summed E-state index contributed by atoms with van der Waals surface area (Å²) in [5.41, 5.74) is 1.04. The van der Waals surface area contributed by atoms with Gasteiger partial charge in [-0.1, -0.05) is 12.1 Å². The molecule has 1 saturated heterocycles. The second-order valence-electron chi connectivity index (χ2n) is 7.43. The third-order valence-corrected chi connectivity index (χ3v) is 9.34. The van der Waals surface area contributed by atoms with Gasteiger partial charge in [0, 0.05) is 10.1 Å². The molecule has 2 aliphatic heterocycles. The van der Waals surface area contributed by atoms with Gasteiger partial charge in [-0.3, -0.25) is 9.59 Å². The van der Waals surface area contributed by atoms with Crippen molar-refractivity contribution < 1.29 is 27.5 Å². The molecule has 1 fully saturated rings. The summed E-state index contributed by atoms with van der Waals surface area (Å²) < 4.78 is 40.0. The average molecular weight is 596 g/mol. The molecule has 33 heavy (non-hydrogen) atoms. The van der Waals surface area contributed by atoms with Crippen LogP contribution in [0.5, 0.6) is 11.5 Å². The number of carbonyl (C=O) groups excluding carboxylic acids is 2. The molecule has 3 aromatic rings. The van der Waals surface area contributed by atoms with E-state index in [1.165, 1.54) is 6.07 Å². The number of ether oxygens (including phenoxy) is 2. The molecule has 2 aromatic carbocycles. The summed E-state index contributed by atoms with van der Waals surface area (Å²) >= 11 is 3.20. The molecule has 8 nitrogen and oxygen atoms in total. The lowest BCUT2D eigenvalue weighted by Crippen LogP contribution is -2.44. The molecule has 0 spiro atoms. The number of sulfonamides is 1. The highest BCUT2D eigenvalue weighted by Gasteiger charge is 2.47. The Morgan fingerprint density at radius 2 is 1.82 bits per heavy atom. The standard InChI is InChI=1S/C22H17IN2O6S2/c23-15-4-6-16(7-5-15)25-20(26)11-17(22(25)27)24(33(28,29)21-2-1-9-32-21)12-14-3-8-18-19(10-14)31-13-30-18/h1-10,17H,11-13H2. The topological polar surface area (TPSA) is 93.2 Å². The Labute approximate surface area is 207 Å². The van der Waals surface area contributed by atoms with Crippen LogP contribution in [-0.4, -0.2) is 37.4 Å². The van der Waals surface area contributed by atoms with Gasteiger partial charge >= 0.3 is 0 Å². The van der Waals surface area contributed by atoms with Crippen LogP contribution in [0.1, 0.15) is 12.0 Å². The minimum Gasteiger partial charge on any atom is -0.454 e. The van der Waals surface area contributed by atoms with Crippen LogP contribution < -0.4 is 14.4 Å². The Morgan fingerprint density at radius 3 is 2.55 bits per heavy atom. The van der Waals surface area contributed by atoms with Crippen LogP contribution in [-0.2, 0) is 26.2 Å². The van der Waals surface area contributed by atoms with Gasteiger partial charge in [0.2, 0.25) is 12.7 Å². The first-order chi connectivity index (χ1) is 15.8. The summed E-state index contributed by atoms with van der Waals surface area (Å²) in [7, 11) is -4.04. The Hall–Kier alpha value is -2.48. The van der Waals surface area contributed by atoms with Crippen LogP contribution in [0, 0.1) is 3.57 Å². The number of imide groups is 1. The fourth-order valence-electron chi connectivity index (χ4n) is 3.81. The number of rotatable bonds is 6. The number of hydrogen-bond acceptors (Lipinski definition) is 7. The van der Waals surface area contributed by atoms with Crippen LogP contribution in [0.2, 0.25) is 0 Å². The third-order valence-electron chi connectivity index (χ3n) is 5.39. The Kier molecular flexibility index (Phi) is 5.89. The molecule has 0 bridgehead atoms. The third kappa shape index (κ3) is 4.14. The van der Waals surface area contributed by atoms with Gasteiger partial charge in [0.1, 0.15) is 10.3 Å². The maximum Gasteiger partial charge on any atom is 0.253 e. The molecule has 11 heteroatoms. The molecule has 0 radical (unpaired) electrons. The zero-order valence-corrected chi connectivity index (χ0v) is 20.8. The van der Waals surface area contributed by atoms with Gasteiger partial charge in [-0.05, 0) is 76.0 Å². The quantitative estimate of drug-likeness (QED) is 0.319. The van der Waals surface area contributed by atoms with Crippen LogP contribution in [0.4, 0.5) is 5.69 Å². The average Bonchev–Trinajstić information content (AvgIpc) is 3.54. The maximum absolute atomic E-state index is 13.6. The smallest absolute Gasteiger partial charge is 0.253 e. The van der Waals surface area contributed by atoms with E-state index in [1.807, 2.05) is 0 Å². The van der Waals surface area contributed by atoms with E-state index in [9.17, 15) is 18.0 Å². The highest BCUT2D eigenvalue weighted by Crippen LogP contribution is 2.35. The summed E-state index contributed by atoms with van der Waals surface area (Å²) in [6.45, 7) is -0.00231. The SMILES string of the molecule is O=C1CC(N(Cc2ccc3c(c2)OCO3)S(=O)(=O)c2cccs2)C(=O)N1c1ccc(I)cc1. The van der Waals surface area contributed by atoms with E-state index in [0.717, 1.165) is 24.1 Å². The van der Waals surface area contributed by atoms with E-state index in [4.69, 9.17) is 9.47 Å². The van der Waals surface area contributed by atoms with E-state index in [2.05, 4.69) is 22.6 Å². The molecule has 1 atom stereocenters. The fraction of sp³-hybridized carbons (Fsp3) is 0.182. The van der Waals surface area contributed by atoms with Gasteiger partial charge in [0.15, 0.2) is 11.5 Å². The molecule has 170 valence electrons. The summed E-state index contributed by atoms with van der Waals surface area (Å²) in [4.78, 5) is 27.3. The van der Waals surface area contributed by atoms with Crippen LogP contribution in [0.25, 0.3) is 0 Å². The number of nitrogens with zero attached hydrogens (tertiary/aromatic N) is 2. The van der Waals surface area contributed by atoms with Crippen molar-refractivity contribution in [3.05, 3.63) is 69.1 Å². The summed E-state index contributed by atoms with van der Waals surface area (Å²) in [5, 5.41) is 1.66. The molecule has 0 aliphatic carbocycles. The second kappa shape index (κ2) is 8.70. The maximum atomic E-state index is 13.6. The number of amides is 2. The molecule has 1 unspecified atom stereocenters. The van der Waals surface area contributed by atoms with Gasteiger partial charge in [0.25, 0.3) is 15.9 Å². The normalized spacial score (nSPS) is 17.9. The van der Waals surface area contributed by atoms with Gasteiger partial charge < -0.3 is 9.47 Å². The molecule has 0 N–H and O–H groups in total. The van der Waals surface area contributed by atoms with E-state index in [-0.39, 0.29) is 24.0 Å². The van der Waals surface area contributed by atoms with Crippen molar-refractivity contribution in [3.8, 4) is 11.5 Å². The van der Waals surface area contributed by atoms with E-state index < -0.39 is 27.9 Å². The lowest BCUT2D eigenvalue weighted by atomic mass is 10.1. The van der Waals surface area contributed by atoms with Crippen molar-refractivity contribution in [2.45, 2.75) is 23.2 Å². The van der Waals surface area contributed by atoms with Crippen molar-refractivity contribution in [2.24, 2.45) is 0 Å². The fourth-order valence-corrected chi connectivity index (χ4v) is 6.86. The predicted octanol–water partition coefficient (Wildman–Crippen LogP) is 3.60. The Balaban J connectivity index is 1.52. The number of hydrogen-bond donors (Lipinski definition) is 0. The summed E-state index contributed by atoms with van der Waals surface area (Å²) in [5.74, 6) is 0.0732. The monoisotopic (exact) mass is 596 g/mol. The van der Waals surface area contributed by atoms with Crippen LogP contribution >= 0.6 is 33.9 Å². The molecule has 1 aromatic heterocycles. The van der Waals surface area contributed by atoms with Gasteiger partial charge in [-0.25, -0.2) is 13.3 Å². The highest BCUT2D eigenvalue weighted by atomic mass is 127. The van der Waals surface area contributed by atoms with Crippen molar-refractivity contribution >= 4 is 61.5 Å². The molecular weight excluding hydrogens is 579 g/mol. The van der Waals surface area contributed by atoms with E-state index in [0.29, 0.717) is 22.7 Å². The van der Waals surface area contributed by atoms with E-state index >= 15 is 0 Å². The zero-order valence-electron chi connectivity index (χ0n) is 17.0. The molecular formula is C22H17IN2O6S2. The molecule has 3 heterocycles. The summed E-state index contributed by atoms with van der Waals surface area (Å²) in [6.07, 6.45) is -0.236. The largest absolute Gasteiger partial charge is 0.454 e. The van der Waals surface area contributed by atoms with Crippen molar-refractivity contribution in [1.29, 1.82) is 0 Å². The Bertz CT molecular complexity index is 1330. The molecule has 0 saturated carbocycles. The van der Waals surface area contributed by atoms with Gasteiger partial charge in [-0.2, -0.15) is 4.31 Å². The lowest BCUT2D eigenvalue weighted by Gasteiger charge is -2.26. The number of halogens is 1.